The fourth-order valence-electron chi connectivity index (χ4n) is 6.33. The van der Waals surface area contributed by atoms with E-state index in [0.717, 1.165) is 67.4 Å². The van der Waals surface area contributed by atoms with Gasteiger partial charge in [0, 0.05) is 43.5 Å². The number of nitrogens with one attached hydrogen (secondary N) is 2. The maximum atomic E-state index is 13.2. The van der Waals surface area contributed by atoms with E-state index >= 15 is 0 Å². The number of hydrogen-bond donors (Lipinski definition) is 3. The number of hydrogen-bond acceptors (Lipinski definition) is 5. The van der Waals surface area contributed by atoms with E-state index in [4.69, 9.17) is 0 Å². The number of aryl methyl sites for hydroxylation is 1. The van der Waals surface area contributed by atoms with Crippen molar-refractivity contribution in [2.24, 2.45) is 0 Å². The Hall–Kier alpha value is -3.91. The molecule has 4 aromatic rings. The summed E-state index contributed by atoms with van der Waals surface area (Å²) in [7, 11) is 0. The van der Waals surface area contributed by atoms with Crippen LogP contribution in [-0.4, -0.2) is 56.1 Å². The molecule has 2 aromatic carbocycles. The Bertz CT molecular complexity index is 1490. The van der Waals surface area contributed by atoms with Crippen LogP contribution in [-0.2, 0) is 17.6 Å². The first kappa shape index (κ1) is 24.4. The van der Waals surface area contributed by atoms with Gasteiger partial charge in [-0.2, -0.15) is 0 Å². The molecule has 1 fully saturated rings. The minimum atomic E-state index is -0.0621. The SMILES string of the molecule is O=C(CN1CCC(n2c(=O)[nH]c3ccccc32)CC1)N[C@@H]1CCc2cc(O)ccc2[C@@H]1Cc1cccnc1. The molecule has 0 bridgehead atoms. The summed E-state index contributed by atoms with van der Waals surface area (Å²) >= 11 is 0. The van der Waals surface area contributed by atoms with Crippen LogP contribution >= 0.6 is 0 Å². The molecular formula is C30H33N5O3. The van der Waals surface area contributed by atoms with Gasteiger partial charge in [-0.1, -0.05) is 24.3 Å². The number of imidazole rings is 1. The average Bonchev–Trinajstić information content (AvgIpc) is 3.26. The molecule has 2 atom stereocenters. The van der Waals surface area contributed by atoms with Gasteiger partial charge in [-0.15, -0.1) is 0 Å². The Morgan fingerprint density at radius 2 is 1.92 bits per heavy atom. The average molecular weight is 512 g/mol. The van der Waals surface area contributed by atoms with Crippen LogP contribution in [0.2, 0.25) is 0 Å². The molecule has 0 spiro atoms. The van der Waals surface area contributed by atoms with Crippen LogP contribution < -0.4 is 11.0 Å². The van der Waals surface area contributed by atoms with Gasteiger partial charge in [0.15, 0.2) is 0 Å². The molecule has 8 nitrogen and oxygen atoms in total. The fraction of sp³-hybridized carbons (Fsp3) is 0.367. The van der Waals surface area contributed by atoms with E-state index in [1.54, 1.807) is 12.3 Å². The van der Waals surface area contributed by atoms with E-state index in [1.807, 2.05) is 53.2 Å². The van der Waals surface area contributed by atoms with Crippen molar-refractivity contribution >= 4 is 16.9 Å². The van der Waals surface area contributed by atoms with E-state index in [0.29, 0.717) is 6.54 Å². The molecule has 1 aliphatic heterocycles. The van der Waals surface area contributed by atoms with Gasteiger partial charge >= 0.3 is 5.69 Å². The molecule has 1 saturated heterocycles. The highest BCUT2D eigenvalue weighted by atomic mass is 16.3. The summed E-state index contributed by atoms with van der Waals surface area (Å²) in [4.78, 5) is 35.2. The number of rotatable bonds is 6. The van der Waals surface area contributed by atoms with Gasteiger partial charge in [0.2, 0.25) is 5.91 Å². The molecule has 8 heteroatoms. The number of likely N-dealkylation sites (tertiary alicyclic amines) is 1. The minimum Gasteiger partial charge on any atom is -0.508 e. The van der Waals surface area contributed by atoms with Crippen LogP contribution in [0, 0.1) is 0 Å². The fourth-order valence-corrected chi connectivity index (χ4v) is 6.33. The van der Waals surface area contributed by atoms with Gasteiger partial charge < -0.3 is 15.4 Å². The first-order chi connectivity index (χ1) is 18.5. The molecular weight excluding hydrogens is 478 g/mol. The summed E-state index contributed by atoms with van der Waals surface area (Å²) in [6.45, 7) is 1.90. The number of pyridine rings is 1. The highest BCUT2D eigenvalue weighted by Crippen LogP contribution is 2.36. The van der Waals surface area contributed by atoms with E-state index in [2.05, 4.69) is 26.3 Å². The number of aromatic amines is 1. The topological polar surface area (TPSA) is 103 Å². The summed E-state index contributed by atoms with van der Waals surface area (Å²) < 4.78 is 1.88. The number of carbonyl (C=O) groups excluding carboxylic acids is 1. The first-order valence-corrected chi connectivity index (χ1v) is 13.5. The van der Waals surface area contributed by atoms with Crippen molar-refractivity contribution in [1.82, 2.24) is 24.8 Å². The number of nitrogens with zero attached hydrogens (tertiary/aromatic N) is 3. The van der Waals surface area contributed by atoms with E-state index in [-0.39, 0.29) is 35.3 Å². The van der Waals surface area contributed by atoms with Crippen molar-refractivity contribution in [3.05, 3.63) is 94.2 Å². The Kier molecular flexibility index (Phi) is 6.72. The Morgan fingerprint density at radius 3 is 2.74 bits per heavy atom. The molecule has 1 aliphatic carbocycles. The van der Waals surface area contributed by atoms with Crippen molar-refractivity contribution in [3.8, 4) is 5.75 Å². The van der Waals surface area contributed by atoms with E-state index in [9.17, 15) is 14.7 Å². The third-order valence-electron chi connectivity index (χ3n) is 8.17. The number of piperidine rings is 1. The zero-order chi connectivity index (χ0) is 26.1. The van der Waals surface area contributed by atoms with Crippen LogP contribution in [0.3, 0.4) is 0 Å². The molecule has 2 aliphatic rings. The van der Waals surface area contributed by atoms with Crippen LogP contribution in [0.5, 0.6) is 5.75 Å². The van der Waals surface area contributed by atoms with Crippen molar-refractivity contribution in [1.29, 1.82) is 0 Å². The second-order valence-corrected chi connectivity index (χ2v) is 10.6. The lowest BCUT2D eigenvalue weighted by Crippen LogP contribution is -2.48. The molecule has 2 aromatic heterocycles. The number of amides is 1. The van der Waals surface area contributed by atoms with Gasteiger partial charge in [0.05, 0.1) is 17.6 Å². The second kappa shape index (κ2) is 10.5. The lowest BCUT2D eigenvalue weighted by atomic mass is 9.76. The predicted octanol–water partition coefficient (Wildman–Crippen LogP) is 3.52. The molecule has 196 valence electrons. The number of H-pyrrole nitrogens is 1. The smallest absolute Gasteiger partial charge is 0.326 e. The summed E-state index contributed by atoms with van der Waals surface area (Å²) in [5, 5.41) is 13.3. The third-order valence-corrected chi connectivity index (χ3v) is 8.17. The van der Waals surface area contributed by atoms with Crippen molar-refractivity contribution in [2.45, 2.75) is 50.1 Å². The Labute approximate surface area is 221 Å². The van der Waals surface area contributed by atoms with Crippen LogP contribution in [0.4, 0.5) is 0 Å². The standard InChI is InChI=1S/C30H33N5O3/c36-23-8-9-24-21(17-23)7-10-26(25(24)16-20-4-3-13-31-18-20)32-29(37)19-34-14-11-22(12-15-34)35-28-6-2-1-5-27(28)33-30(35)38/h1-6,8-9,13,17-18,22,25-26,36H,7,10-12,14-16,19H2,(H,32,37)(H,33,38)/t25-,26+/m0/s1. The number of aromatic hydroxyl groups is 1. The maximum Gasteiger partial charge on any atom is 0.326 e. The number of fused-ring (bicyclic) bond motifs is 2. The monoisotopic (exact) mass is 511 g/mol. The van der Waals surface area contributed by atoms with Crippen molar-refractivity contribution < 1.29 is 9.90 Å². The van der Waals surface area contributed by atoms with Gasteiger partial charge in [0.1, 0.15) is 5.75 Å². The second-order valence-electron chi connectivity index (χ2n) is 10.6. The number of aromatic nitrogens is 3. The van der Waals surface area contributed by atoms with Crippen molar-refractivity contribution in [3.63, 3.8) is 0 Å². The number of phenolic OH excluding ortho intramolecular Hbond substituents is 1. The van der Waals surface area contributed by atoms with Crippen LogP contribution in [0.25, 0.3) is 11.0 Å². The molecule has 0 saturated carbocycles. The zero-order valence-electron chi connectivity index (χ0n) is 21.3. The van der Waals surface area contributed by atoms with Crippen molar-refractivity contribution in [2.75, 3.05) is 19.6 Å². The number of carbonyl (C=O) groups is 1. The summed E-state index contributed by atoms with van der Waals surface area (Å²) in [5.74, 6) is 0.438. The summed E-state index contributed by atoms with van der Waals surface area (Å²) in [6, 6.07) is 17.6. The quantitative estimate of drug-likeness (QED) is 0.368. The highest BCUT2D eigenvalue weighted by Gasteiger charge is 2.32. The van der Waals surface area contributed by atoms with Gasteiger partial charge in [-0.3, -0.25) is 19.2 Å². The molecule has 3 heterocycles. The van der Waals surface area contributed by atoms with E-state index < -0.39 is 0 Å². The number of para-hydroxylation sites is 2. The molecule has 0 radical (unpaired) electrons. The lowest BCUT2D eigenvalue weighted by Gasteiger charge is -2.36. The Morgan fingerprint density at radius 1 is 1.08 bits per heavy atom. The molecule has 0 unspecified atom stereocenters. The predicted molar refractivity (Wildman–Crippen MR) is 146 cm³/mol. The normalized spacial score (nSPS) is 20.3. The van der Waals surface area contributed by atoms with Gasteiger partial charge in [-0.05, 0) is 79.1 Å². The van der Waals surface area contributed by atoms with Crippen LogP contribution in [0.15, 0.2) is 71.8 Å². The maximum absolute atomic E-state index is 13.2. The molecule has 3 N–H and O–H groups in total. The number of phenols is 1. The minimum absolute atomic E-state index is 0.0158. The molecule has 1 amide bonds. The summed E-state index contributed by atoms with van der Waals surface area (Å²) in [5.41, 5.74) is 5.22. The zero-order valence-corrected chi connectivity index (χ0v) is 21.3. The van der Waals surface area contributed by atoms with E-state index in [1.165, 1.54) is 5.56 Å². The lowest BCUT2D eigenvalue weighted by molar-refractivity contribution is -0.123. The van der Waals surface area contributed by atoms with Crippen LogP contribution in [0.1, 0.15) is 47.9 Å². The highest BCUT2D eigenvalue weighted by molar-refractivity contribution is 5.78. The molecule has 6 rings (SSSR count). The largest absolute Gasteiger partial charge is 0.508 e. The molecule has 38 heavy (non-hydrogen) atoms. The first-order valence-electron chi connectivity index (χ1n) is 13.5. The third kappa shape index (κ3) is 4.96. The number of benzene rings is 2. The van der Waals surface area contributed by atoms with Gasteiger partial charge in [-0.25, -0.2) is 4.79 Å². The van der Waals surface area contributed by atoms with Gasteiger partial charge in [0.25, 0.3) is 0 Å². The Balaban J connectivity index is 1.11. The summed E-state index contributed by atoms with van der Waals surface area (Å²) in [6.07, 6.45) is 7.76.